The summed E-state index contributed by atoms with van der Waals surface area (Å²) in [6, 6.07) is 18.9. The summed E-state index contributed by atoms with van der Waals surface area (Å²) in [6.07, 6.45) is 0. The number of benzene rings is 3. The molecule has 5 rings (SSSR count). The standard InChI is InChI=1S/C30H28BrClN4O4S/c1-17-9-5-6-10-19(17)15-40-27-22(31)13-21(14-24(27)38-3)26-25(28(37)39-4)18(2)33-29-34-30(35-36(26)29)41-16-20-11-7-8-12-23(20)32/h5-14,26H,15-16H2,1-4H3,(H,33,34,35). The molecular weight excluding hydrogens is 628 g/mol. The van der Waals surface area contributed by atoms with E-state index in [9.17, 15) is 4.79 Å². The Hall–Kier alpha value is -3.47. The van der Waals surface area contributed by atoms with Crippen molar-refractivity contribution in [1.82, 2.24) is 14.8 Å². The minimum Gasteiger partial charge on any atom is -0.493 e. The molecule has 3 aromatic carbocycles. The summed E-state index contributed by atoms with van der Waals surface area (Å²) in [7, 11) is 2.95. The van der Waals surface area contributed by atoms with Gasteiger partial charge in [0, 0.05) is 16.5 Å². The summed E-state index contributed by atoms with van der Waals surface area (Å²) >= 11 is 11.5. The lowest BCUT2D eigenvalue weighted by Gasteiger charge is -2.28. The molecular formula is C30H28BrClN4O4S. The summed E-state index contributed by atoms with van der Waals surface area (Å²) < 4.78 is 19.5. The zero-order chi connectivity index (χ0) is 29.1. The number of esters is 1. The van der Waals surface area contributed by atoms with Crippen LogP contribution in [0.15, 0.2) is 81.6 Å². The van der Waals surface area contributed by atoms with Crippen molar-refractivity contribution in [1.29, 1.82) is 0 Å². The van der Waals surface area contributed by atoms with Crippen molar-refractivity contribution in [2.45, 2.75) is 37.4 Å². The average molecular weight is 656 g/mol. The number of nitrogens with zero attached hydrogens (tertiary/aromatic N) is 3. The Kier molecular flexibility index (Phi) is 8.91. The SMILES string of the molecule is COC(=O)C1=C(C)Nc2nc(SCc3ccccc3Cl)nn2C1c1cc(Br)c(OCc2ccccc2C)c(OC)c1. The fourth-order valence-corrected chi connectivity index (χ4v) is 6.28. The molecule has 0 amide bonds. The number of carbonyl (C=O) groups is 1. The van der Waals surface area contributed by atoms with E-state index in [1.165, 1.54) is 18.9 Å². The molecule has 1 aromatic heterocycles. The van der Waals surface area contributed by atoms with Crippen LogP contribution in [-0.4, -0.2) is 35.0 Å². The van der Waals surface area contributed by atoms with Gasteiger partial charge in [0.25, 0.3) is 0 Å². The van der Waals surface area contributed by atoms with Crippen LogP contribution in [0.25, 0.3) is 0 Å². The van der Waals surface area contributed by atoms with Gasteiger partial charge < -0.3 is 19.5 Å². The van der Waals surface area contributed by atoms with Crippen molar-refractivity contribution in [2.24, 2.45) is 0 Å². The van der Waals surface area contributed by atoms with E-state index >= 15 is 0 Å². The smallest absolute Gasteiger partial charge is 0.338 e. The van der Waals surface area contributed by atoms with Gasteiger partial charge in [0.1, 0.15) is 12.6 Å². The van der Waals surface area contributed by atoms with E-state index < -0.39 is 12.0 Å². The number of hydrogen-bond acceptors (Lipinski definition) is 8. The second-order valence-corrected chi connectivity index (χ2v) is 11.6. The number of ether oxygens (including phenoxy) is 3. The van der Waals surface area contributed by atoms with E-state index in [1.807, 2.05) is 74.5 Å². The lowest BCUT2D eigenvalue weighted by Crippen LogP contribution is -2.29. The summed E-state index contributed by atoms with van der Waals surface area (Å²) in [5, 5.41) is 9.23. The van der Waals surface area contributed by atoms with Crippen molar-refractivity contribution in [3.63, 3.8) is 0 Å². The van der Waals surface area contributed by atoms with Gasteiger partial charge in [0.05, 0.1) is 24.3 Å². The Morgan fingerprint density at radius 1 is 1.10 bits per heavy atom. The second-order valence-electron chi connectivity index (χ2n) is 9.35. The highest BCUT2D eigenvalue weighted by Gasteiger charge is 2.36. The Labute approximate surface area is 256 Å². The Bertz CT molecular complexity index is 1640. The molecule has 0 bridgehead atoms. The minimum atomic E-state index is -0.628. The number of anilines is 1. The first-order chi connectivity index (χ1) is 19.8. The summed E-state index contributed by atoms with van der Waals surface area (Å²) in [5.41, 5.74) is 4.97. The largest absolute Gasteiger partial charge is 0.493 e. The van der Waals surface area contributed by atoms with E-state index in [-0.39, 0.29) is 0 Å². The summed E-state index contributed by atoms with van der Waals surface area (Å²) in [4.78, 5) is 17.8. The van der Waals surface area contributed by atoms with Crippen LogP contribution in [0, 0.1) is 6.92 Å². The maximum Gasteiger partial charge on any atom is 0.338 e. The molecule has 2 heterocycles. The second kappa shape index (κ2) is 12.6. The van der Waals surface area contributed by atoms with Crippen LogP contribution in [0.3, 0.4) is 0 Å². The number of hydrogen-bond donors (Lipinski definition) is 1. The van der Waals surface area contributed by atoms with E-state index in [1.54, 1.807) is 11.8 Å². The molecule has 8 nitrogen and oxygen atoms in total. The Morgan fingerprint density at radius 2 is 1.83 bits per heavy atom. The van der Waals surface area contributed by atoms with Gasteiger partial charge >= 0.3 is 5.97 Å². The number of aromatic nitrogens is 3. The van der Waals surface area contributed by atoms with Gasteiger partial charge in [-0.15, -0.1) is 5.10 Å². The van der Waals surface area contributed by atoms with Crippen molar-refractivity contribution in [3.8, 4) is 11.5 Å². The predicted molar refractivity (Wildman–Crippen MR) is 164 cm³/mol. The molecule has 212 valence electrons. The van der Waals surface area contributed by atoms with E-state index in [0.29, 0.717) is 55.7 Å². The van der Waals surface area contributed by atoms with Crippen LogP contribution in [0.1, 0.15) is 35.2 Å². The molecule has 1 atom stereocenters. The maximum absolute atomic E-state index is 13.1. The first-order valence-corrected chi connectivity index (χ1v) is 14.9. The van der Waals surface area contributed by atoms with Gasteiger partial charge in [-0.05, 0) is 70.2 Å². The highest BCUT2D eigenvalue weighted by atomic mass is 79.9. The fourth-order valence-electron chi connectivity index (χ4n) is 4.59. The average Bonchev–Trinajstić information content (AvgIpc) is 3.37. The van der Waals surface area contributed by atoms with Gasteiger partial charge in [0.2, 0.25) is 11.1 Å². The third-order valence-corrected chi connectivity index (χ3v) is 8.60. The van der Waals surface area contributed by atoms with Gasteiger partial charge in [-0.3, -0.25) is 0 Å². The molecule has 11 heteroatoms. The molecule has 1 aliphatic heterocycles. The van der Waals surface area contributed by atoms with Crippen LogP contribution < -0.4 is 14.8 Å². The monoisotopic (exact) mass is 654 g/mol. The molecule has 0 aliphatic carbocycles. The zero-order valence-corrected chi connectivity index (χ0v) is 26.1. The number of thioether (sulfide) groups is 1. The van der Waals surface area contributed by atoms with Gasteiger partial charge in [0.15, 0.2) is 11.5 Å². The van der Waals surface area contributed by atoms with E-state index in [4.69, 9.17) is 35.9 Å². The van der Waals surface area contributed by atoms with Gasteiger partial charge in [-0.2, -0.15) is 4.98 Å². The topological polar surface area (TPSA) is 87.5 Å². The molecule has 0 spiro atoms. The Morgan fingerprint density at radius 3 is 2.54 bits per heavy atom. The predicted octanol–water partition coefficient (Wildman–Crippen LogP) is 7.34. The van der Waals surface area contributed by atoms with E-state index in [0.717, 1.165) is 22.3 Å². The lowest BCUT2D eigenvalue weighted by atomic mass is 9.95. The Balaban J connectivity index is 1.51. The zero-order valence-electron chi connectivity index (χ0n) is 22.9. The number of nitrogens with one attached hydrogen (secondary N) is 1. The number of allylic oxidation sites excluding steroid dienone is 1. The minimum absolute atomic E-state index is 0.375. The van der Waals surface area contributed by atoms with Crippen LogP contribution in [-0.2, 0) is 21.9 Å². The van der Waals surface area contributed by atoms with Crippen molar-refractivity contribution >= 4 is 51.2 Å². The van der Waals surface area contributed by atoms with Crippen molar-refractivity contribution < 1.29 is 19.0 Å². The molecule has 4 aromatic rings. The van der Waals surface area contributed by atoms with Gasteiger partial charge in [-0.25, -0.2) is 9.48 Å². The quantitative estimate of drug-likeness (QED) is 0.148. The fraction of sp³-hybridized carbons (Fsp3) is 0.233. The van der Waals surface area contributed by atoms with Crippen molar-refractivity contribution in [2.75, 3.05) is 19.5 Å². The number of halogens is 2. The van der Waals surface area contributed by atoms with Crippen LogP contribution in [0.5, 0.6) is 11.5 Å². The number of fused-ring (bicyclic) bond motifs is 1. The lowest BCUT2D eigenvalue weighted by molar-refractivity contribution is -0.136. The molecule has 0 saturated carbocycles. The van der Waals surface area contributed by atoms with E-state index in [2.05, 4.69) is 21.2 Å². The molecule has 1 N–H and O–H groups in total. The van der Waals surface area contributed by atoms with Gasteiger partial charge in [-0.1, -0.05) is 65.8 Å². The highest BCUT2D eigenvalue weighted by Crippen LogP contribution is 2.43. The third-order valence-electron chi connectivity index (χ3n) is 6.75. The maximum atomic E-state index is 13.1. The number of methoxy groups -OCH3 is 2. The molecule has 0 saturated heterocycles. The van der Waals surface area contributed by atoms with Crippen LogP contribution >= 0.6 is 39.3 Å². The first-order valence-electron chi connectivity index (χ1n) is 12.7. The van der Waals surface area contributed by atoms with Crippen molar-refractivity contribution in [3.05, 3.63) is 104 Å². The number of aryl methyl sites for hydroxylation is 1. The summed E-state index contributed by atoms with van der Waals surface area (Å²) in [5.74, 6) is 1.70. The van der Waals surface area contributed by atoms with Crippen LogP contribution in [0.4, 0.5) is 5.95 Å². The first kappa shape index (κ1) is 29.0. The molecule has 41 heavy (non-hydrogen) atoms. The highest BCUT2D eigenvalue weighted by molar-refractivity contribution is 9.10. The normalized spacial score (nSPS) is 14.3. The van der Waals surface area contributed by atoms with Crippen LogP contribution in [0.2, 0.25) is 5.02 Å². The molecule has 1 unspecified atom stereocenters. The summed E-state index contributed by atoms with van der Waals surface area (Å²) in [6.45, 7) is 4.24. The number of carbonyl (C=O) groups excluding carboxylic acids is 1. The molecule has 0 radical (unpaired) electrons. The molecule has 0 fully saturated rings. The molecule has 1 aliphatic rings. The number of rotatable bonds is 9. The third kappa shape index (κ3) is 6.10.